The number of rotatable bonds is 16. The summed E-state index contributed by atoms with van der Waals surface area (Å²) in [5.41, 5.74) is 0.231. The van der Waals surface area contributed by atoms with Crippen molar-refractivity contribution in [2.45, 2.75) is 31.0 Å². The van der Waals surface area contributed by atoms with Crippen LogP contribution in [0.25, 0.3) is 32.5 Å². The van der Waals surface area contributed by atoms with Gasteiger partial charge in [0.2, 0.25) is 5.90 Å². The number of ether oxygens (including phenoxy) is 1. The summed E-state index contributed by atoms with van der Waals surface area (Å²) in [5.74, 6) is -3.75. The van der Waals surface area contributed by atoms with Gasteiger partial charge in [-0.05, 0) is 76.9 Å². The molecule has 1 aromatic heterocycles. The fraction of sp³-hybridized carbons (Fsp3) is 0.244. The summed E-state index contributed by atoms with van der Waals surface area (Å²) in [5, 5.41) is 18.6. The topological polar surface area (TPSA) is 259 Å². The zero-order valence-electron chi connectivity index (χ0n) is 31.6. The molecule has 0 radical (unpaired) electrons. The van der Waals surface area contributed by atoms with Crippen LogP contribution in [0.1, 0.15) is 28.8 Å². The molecule has 7 rings (SSSR count). The van der Waals surface area contributed by atoms with Gasteiger partial charge in [0.05, 0.1) is 17.1 Å². The monoisotopic (exact) mass is 858 g/mol. The molecule has 0 saturated carbocycles. The Balaban J connectivity index is 1.04. The van der Waals surface area contributed by atoms with Crippen LogP contribution >= 0.6 is 0 Å². The highest BCUT2D eigenvalue weighted by Gasteiger charge is 2.34. The number of fused-ring (bicyclic) bond motifs is 4. The number of aliphatic carboxylic acids is 1. The molecule has 60 heavy (non-hydrogen) atoms. The second-order valence-electron chi connectivity index (χ2n) is 14.2. The Labute approximate surface area is 342 Å². The van der Waals surface area contributed by atoms with E-state index < -0.39 is 79.9 Å². The Morgan fingerprint density at radius 1 is 0.817 bits per heavy atom. The average molecular weight is 859 g/mol. The van der Waals surface area contributed by atoms with Crippen molar-refractivity contribution in [2.24, 2.45) is 4.99 Å². The quantitative estimate of drug-likeness (QED) is 0.0541. The molecule has 2 heterocycles. The van der Waals surface area contributed by atoms with Crippen molar-refractivity contribution >= 4 is 82.1 Å². The minimum Gasteiger partial charge on any atom is -0.480 e. The van der Waals surface area contributed by atoms with Gasteiger partial charge in [-0.15, -0.1) is 0 Å². The largest absolute Gasteiger partial charge is 0.480 e. The number of amides is 2. The lowest BCUT2D eigenvalue weighted by molar-refractivity contribution is -0.141. The van der Waals surface area contributed by atoms with Crippen LogP contribution in [0, 0.1) is 0 Å². The standard InChI is InChI=1S/C41H38N4O13S2/c46-37(43-33(40(48)49)23-42-38(47)36-29-9-3-1-7-24(29)19-25-8-2-4-10-30(25)36)27-12-14-34-32(21-27)44-39(57-34)31-20-26-11-13-28(22-35(26)58-41(31)50)45(15-5-17-59(51,52)53)16-6-18-60(54,55)56/h1-4,7-14,19-22,32-34H,5-6,15-18,23H2,(H,42,47)(H,43,46)(H,48,49)(H,51,52,53)(H,54,55,56). The molecule has 0 spiro atoms. The predicted molar refractivity (Wildman–Crippen MR) is 223 cm³/mol. The zero-order chi connectivity index (χ0) is 42.8. The second kappa shape index (κ2) is 17.1. The summed E-state index contributed by atoms with van der Waals surface area (Å²) in [7, 11) is -8.51. The lowest BCUT2D eigenvalue weighted by Crippen LogP contribution is -2.49. The number of carboxylic acids is 1. The summed E-state index contributed by atoms with van der Waals surface area (Å²) < 4.78 is 74.9. The highest BCUT2D eigenvalue weighted by molar-refractivity contribution is 7.86. The van der Waals surface area contributed by atoms with E-state index in [1.165, 1.54) is 24.3 Å². The van der Waals surface area contributed by atoms with Crippen LogP contribution in [0.4, 0.5) is 5.69 Å². The SMILES string of the molecule is O=C(NC(CNC(=O)c1c2ccccc2cc2ccccc12)C(=O)O)C1=CC2N=C(c3cc4ccc(N(CCCS(=O)(=O)O)CCCS(=O)(=O)O)cc4oc3=O)OC2C=C1. The summed E-state index contributed by atoms with van der Waals surface area (Å²) in [6, 6.07) is 20.7. The van der Waals surface area contributed by atoms with Crippen LogP contribution in [0.2, 0.25) is 0 Å². The van der Waals surface area contributed by atoms with Gasteiger partial charge in [-0.25, -0.2) is 14.6 Å². The number of benzene rings is 4. The minimum absolute atomic E-state index is 0.000146. The van der Waals surface area contributed by atoms with Crippen molar-refractivity contribution in [1.29, 1.82) is 0 Å². The number of anilines is 1. The molecule has 0 fully saturated rings. The summed E-state index contributed by atoms with van der Waals surface area (Å²) in [4.78, 5) is 58.6. The Morgan fingerprint density at radius 3 is 2.07 bits per heavy atom. The van der Waals surface area contributed by atoms with Crippen molar-refractivity contribution in [3.8, 4) is 0 Å². The van der Waals surface area contributed by atoms with Crippen LogP contribution in [0.15, 0.2) is 117 Å². The Kier molecular flexibility index (Phi) is 11.9. The van der Waals surface area contributed by atoms with Gasteiger partial charge >= 0.3 is 11.6 Å². The molecule has 5 aromatic rings. The molecule has 2 aliphatic rings. The van der Waals surface area contributed by atoms with Crippen LogP contribution in [-0.2, 0) is 34.6 Å². The van der Waals surface area contributed by atoms with Crippen LogP contribution < -0.4 is 21.2 Å². The normalized spacial score (nSPS) is 16.8. The number of nitrogens with one attached hydrogen (secondary N) is 2. The number of aliphatic imine (C=N–C) groups is 1. The molecular formula is C41H38N4O13S2. The van der Waals surface area contributed by atoms with E-state index >= 15 is 0 Å². The summed E-state index contributed by atoms with van der Waals surface area (Å²) in [6.45, 7) is -0.236. The van der Waals surface area contributed by atoms with E-state index in [0.29, 0.717) is 27.4 Å². The van der Waals surface area contributed by atoms with Gasteiger partial charge in [-0.2, -0.15) is 16.8 Å². The summed E-state index contributed by atoms with van der Waals surface area (Å²) in [6.07, 6.45) is 3.77. The third-order valence-corrected chi connectivity index (χ3v) is 11.6. The maximum Gasteiger partial charge on any atom is 0.349 e. The van der Waals surface area contributed by atoms with Crippen LogP contribution in [0.5, 0.6) is 0 Å². The number of carboxylic acid groups (broad SMARTS) is 1. The van der Waals surface area contributed by atoms with E-state index in [9.17, 15) is 41.1 Å². The van der Waals surface area contributed by atoms with Gasteiger partial charge in [0.15, 0.2) is 0 Å². The van der Waals surface area contributed by atoms with Crippen molar-refractivity contribution < 1.29 is 54.6 Å². The Bertz CT molecular complexity index is 2830. The fourth-order valence-electron chi connectivity index (χ4n) is 7.12. The molecule has 2 amide bonds. The molecule has 0 saturated heterocycles. The first-order valence-corrected chi connectivity index (χ1v) is 21.9. The van der Waals surface area contributed by atoms with Gasteiger partial charge in [0.25, 0.3) is 32.1 Å². The molecule has 0 bridgehead atoms. The zero-order valence-corrected chi connectivity index (χ0v) is 33.2. The number of hydrogen-bond donors (Lipinski definition) is 5. The lowest BCUT2D eigenvalue weighted by Gasteiger charge is -2.24. The van der Waals surface area contributed by atoms with E-state index in [0.717, 1.165) is 10.8 Å². The number of hydrogen-bond acceptors (Lipinski definition) is 12. The molecule has 312 valence electrons. The smallest absolute Gasteiger partial charge is 0.349 e. The molecular weight excluding hydrogens is 821 g/mol. The maximum absolute atomic E-state index is 13.6. The highest BCUT2D eigenvalue weighted by Crippen LogP contribution is 2.30. The first kappa shape index (κ1) is 41.7. The van der Waals surface area contributed by atoms with E-state index in [1.807, 2.05) is 54.6 Å². The molecule has 19 heteroatoms. The summed E-state index contributed by atoms with van der Waals surface area (Å²) >= 11 is 0. The molecule has 5 N–H and O–H groups in total. The Hall–Kier alpha value is -6.41. The van der Waals surface area contributed by atoms with Crippen molar-refractivity contribution in [3.05, 3.63) is 124 Å². The maximum atomic E-state index is 13.6. The van der Waals surface area contributed by atoms with E-state index in [4.69, 9.17) is 18.3 Å². The van der Waals surface area contributed by atoms with E-state index in [2.05, 4.69) is 15.6 Å². The molecule has 1 aliphatic carbocycles. The number of carbonyl (C=O) groups excluding carboxylic acids is 2. The predicted octanol–water partition coefficient (Wildman–Crippen LogP) is 3.47. The molecule has 4 aromatic carbocycles. The highest BCUT2D eigenvalue weighted by atomic mass is 32.2. The van der Waals surface area contributed by atoms with Crippen LogP contribution in [0.3, 0.4) is 0 Å². The Morgan fingerprint density at radius 2 is 1.45 bits per heavy atom. The van der Waals surface area contributed by atoms with Crippen molar-refractivity contribution in [3.63, 3.8) is 0 Å². The fourth-order valence-corrected chi connectivity index (χ4v) is 8.11. The van der Waals surface area contributed by atoms with Gasteiger partial charge in [0.1, 0.15) is 29.3 Å². The van der Waals surface area contributed by atoms with Gasteiger partial charge in [0, 0.05) is 42.3 Å². The second-order valence-corrected chi connectivity index (χ2v) is 17.3. The van der Waals surface area contributed by atoms with Crippen molar-refractivity contribution in [1.82, 2.24) is 10.6 Å². The average Bonchev–Trinajstić information content (AvgIpc) is 3.62. The van der Waals surface area contributed by atoms with Crippen molar-refractivity contribution in [2.75, 3.05) is 36.0 Å². The van der Waals surface area contributed by atoms with E-state index in [-0.39, 0.29) is 48.5 Å². The lowest BCUT2D eigenvalue weighted by atomic mass is 9.96. The molecule has 3 unspecified atom stereocenters. The third-order valence-electron chi connectivity index (χ3n) is 9.97. The van der Waals surface area contributed by atoms with Gasteiger partial charge < -0.3 is 29.8 Å². The van der Waals surface area contributed by atoms with Gasteiger partial charge in [-0.1, -0.05) is 48.5 Å². The molecule has 1 aliphatic heterocycles. The molecule has 17 nitrogen and oxygen atoms in total. The third kappa shape index (κ3) is 9.71. The first-order valence-electron chi connectivity index (χ1n) is 18.6. The minimum atomic E-state index is -4.25. The number of nitrogens with zero attached hydrogens (tertiary/aromatic N) is 2. The van der Waals surface area contributed by atoms with Crippen LogP contribution in [-0.4, -0.2) is 104 Å². The first-order chi connectivity index (χ1) is 28.5. The van der Waals surface area contributed by atoms with Gasteiger partial charge in [-0.3, -0.25) is 18.7 Å². The molecule has 3 atom stereocenters. The van der Waals surface area contributed by atoms with E-state index in [1.54, 1.807) is 23.1 Å². The number of carbonyl (C=O) groups is 3.